The lowest BCUT2D eigenvalue weighted by atomic mass is 10.1. The summed E-state index contributed by atoms with van der Waals surface area (Å²) in [6.07, 6.45) is 0. The molecule has 0 spiro atoms. The average molecular weight is 287 g/mol. The first-order chi connectivity index (χ1) is 7.41. The number of carboxylic acid groups (broad SMARTS) is 1. The van der Waals surface area contributed by atoms with Crippen molar-refractivity contribution in [3.05, 3.63) is 28.2 Å². The lowest BCUT2D eigenvalue weighted by molar-refractivity contribution is -0.138. The molecule has 0 amide bonds. The Kier molecular flexibility index (Phi) is 4.32. The minimum absolute atomic E-state index is 0.284. The Morgan fingerprint density at radius 2 is 2.25 bits per heavy atom. The molecule has 0 aromatic heterocycles. The first-order valence-electron chi connectivity index (χ1n) is 4.87. The molecule has 0 heterocycles. The number of rotatable bonds is 4. The molecule has 1 unspecified atom stereocenters. The second-order valence-electron chi connectivity index (χ2n) is 3.76. The summed E-state index contributed by atoms with van der Waals surface area (Å²) in [5.74, 6) is -0.987. The maximum atomic E-state index is 10.7. The maximum absolute atomic E-state index is 10.7. The maximum Gasteiger partial charge on any atom is 0.322 e. The second kappa shape index (κ2) is 5.32. The predicted octanol–water partition coefficient (Wildman–Crippen LogP) is 1.61. The van der Waals surface area contributed by atoms with Gasteiger partial charge in [-0.3, -0.25) is 4.79 Å². The number of carboxylic acids is 1. The summed E-state index contributed by atoms with van der Waals surface area (Å²) >= 11 is 3.39. The summed E-state index contributed by atoms with van der Waals surface area (Å²) in [5.41, 5.74) is 7.55. The molecule has 88 valence electrons. The molecule has 1 atom stereocenters. The van der Waals surface area contributed by atoms with Crippen molar-refractivity contribution in [1.29, 1.82) is 0 Å². The standard InChI is InChI=1S/C11H15BrN2O2/c1-7-3-4-8(12)5-10(7)14(2)6-9(13)11(15)16/h3-5,9H,6,13H2,1-2H3,(H,15,16). The number of anilines is 1. The summed E-state index contributed by atoms with van der Waals surface area (Å²) < 4.78 is 0.962. The van der Waals surface area contributed by atoms with Crippen molar-refractivity contribution in [2.45, 2.75) is 13.0 Å². The van der Waals surface area contributed by atoms with E-state index < -0.39 is 12.0 Å². The third-order valence-corrected chi connectivity index (χ3v) is 2.86. The molecular weight excluding hydrogens is 272 g/mol. The number of hydrogen-bond acceptors (Lipinski definition) is 3. The summed E-state index contributed by atoms with van der Waals surface area (Å²) in [5, 5.41) is 8.74. The van der Waals surface area contributed by atoms with Crippen LogP contribution in [0, 0.1) is 6.92 Å². The van der Waals surface area contributed by atoms with Crippen LogP contribution in [0.1, 0.15) is 5.56 Å². The van der Waals surface area contributed by atoms with E-state index in [0.717, 1.165) is 15.7 Å². The van der Waals surface area contributed by atoms with Gasteiger partial charge in [-0.1, -0.05) is 22.0 Å². The average Bonchev–Trinajstić information content (AvgIpc) is 2.21. The third kappa shape index (κ3) is 3.21. The van der Waals surface area contributed by atoms with Gasteiger partial charge in [0.15, 0.2) is 0 Å². The molecule has 1 aromatic rings. The van der Waals surface area contributed by atoms with E-state index in [0.29, 0.717) is 0 Å². The third-order valence-electron chi connectivity index (χ3n) is 2.37. The molecule has 0 saturated carbocycles. The largest absolute Gasteiger partial charge is 0.480 e. The molecule has 0 bridgehead atoms. The molecular formula is C11H15BrN2O2. The van der Waals surface area contributed by atoms with Crippen LogP contribution in [-0.4, -0.2) is 30.7 Å². The highest BCUT2D eigenvalue weighted by Crippen LogP contribution is 2.23. The summed E-state index contributed by atoms with van der Waals surface area (Å²) in [6, 6.07) is 5.00. The smallest absolute Gasteiger partial charge is 0.322 e. The molecule has 16 heavy (non-hydrogen) atoms. The van der Waals surface area contributed by atoms with Crippen molar-refractivity contribution < 1.29 is 9.90 Å². The number of carbonyl (C=O) groups is 1. The van der Waals surface area contributed by atoms with Crippen LogP contribution in [0.5, 0.6) is 0 Å². The van der Waals surface area contributed by atoms with E-state index in [1.54, 1.807) is 0 Å². The first-order valence-corrected chi connectivity index (χ1v) is 5.67. The van der Waals surface area contributed by atoms with Gasteiger partial charge < -0.3 is 15.7 Å². The van der Waals surface area contributed by atoms with E-state index in [4.69, 9.17) is 10.8 Å². The van der Waals surface area contributed by atoms with Crippen molar-refractivity contribution in [2.24, 2.45) is 5.73 Å². The van der Waals surface area contributed by atoms with Crippen molar-refractivity contribution in [3.8, 4) is 0 Å². The molecule has 3 N–H and O–H groups in total. The molecule has 4 nitrogen and oxygen atoms in total. The van der Waals surface area contributed by atoms with Crippen LogP contribution < -0.4 is 10.6 Å². The van der Waals surface area contributed by atoms with Gasteiger partial charge in [-0.05, 0) is 24.6 Å². The lowest BCUT2D eigenvalue weighted by Crippen LogP contribution is -2.41. The van der Waals surface area contributed by atoms with Crippen molar-refractivity contribution in [2.75, 3.05) is 18.5 Å². The van der Waals surface area contributed by atoms with Gasteiger partial charge in [0.05, 0.1) is 0 Å². The molecule has 0 aliphatic heterocycles. The monoisotopic (exact) mass is 286 g/mol. The summed E-state index contributed by atoms with van der Waals surface area (Å²) in [7, 11) is 1.83. The topological polar surface area (TPSA) is 66.6 Å². The zero-order valence-electron chi connectivity index (χ0n) is 9.27. The Labute approximate surface area is 103 Å². The Hall–Kier alpha value is -1.07. The molecule has 0 radical (unpaired) electrons. The van der Waals surface area contributed by atoms with Crippen molar-refractivity contribution in [1.82, 2.24) is 0 Å². The van der Waals surface area contributed by atoms with Crippen LogP contribution in [0.4, 0.5) is 5.69 Å². The molecule has 1 aromatic carbocycles. The van der Waals surface area contributed by atoms with Crippen LogP contribution in [0.25, 0.3) is 0 Å². The van der Waals surface area contributed by atoms with E-state index in [1.165, 1.54) is 0 Å². The fourth-order valence-electron chi connectivity index (χ4n) is 1.47. The van der Waals surface area contributed by atoms with E-state index in [1.807, 2.05) is 37.1 Å². The molecule has 0 saturated heterocycles. The zero-order chi connectivity index (χ0) is 12.3. The lowest BCUT2D eigenvalue weighted by Gasteiger charge is -2.23. The summed E-state index contributed by atoms with van der Waals surface area (Å²) in [4.78, 5) is 12.5. The SMILES string of the molecule is Cc1ccc(Br)cc1N(C)CC(N)C(=O)O. The Bertz CT molecular complexity index is 396. The Morgan fingerprint density at radius 3 is 2.81 bits per heavy atom. The van der Waals surface area contributed by atoms with Crippen molar-refractivity contribution >= 4 is 27.6 Å². The number of aryl methyl sites for hydroxylation is 1. The number of benzene rings is 1. The Balaban J connectivity index is 2.83. The van der Waals surface area contributed by atoms with Gasteiger partial charge in [0, 0.05) is 23.8 Å². The molecule has 0 aliphatic carbocycles. The van der Waals surface area contributed by atoms with Gasteiger partial charge in [0.2, 0.25) is 0 Å². The number of nitrogens with zero attached hydrogens (tertiary/aromatic N) is 1. The number of nitrogens with two attached hydrogens (primary N) is 1. The van der Waals surface area contributed by atoms with Crippen molar-refractivity contribution in [3.63, 3.8) is 0 Å². The molecule has 5 heteroatoms. The van der Waals surface area contributed by atoms with Gasteiger partial charge in [-0.25, -0.2) is 0 Å². The van der Waals surface area contributed by atoms with E-state index >= 15 is 0 Å². The van der Waals surface area contributed by atoms with E-state index in [9.17, 15) is 4.79 Å². The van der Waals surface area contributed by atoms with Crippen LogP contribution in [-0.2, 0) is 4.79 Å². The number of likely N-dealkylation sites (N-methyl/N-ethyl adjacent to an activating group) is 1. The zero-order valence-corrected chi connectivity index (χ0v) is 10.9. The predicted molar refractivity (Wildman–Crippen MR) is 67.8 cm³/mol. The summed E-state index contributed by atoms with van der Waals surface area (Å²) in [6.45, 7) is 2.26. The van der Waals surface area contributed by atoms with Gasteiger partial charge in [0.25, 0.3) is 0 Å². The minimum atomic E-state index is -0.987. The fraction of sp³-hybridized carbons (Fsp3) is 0.364. The van der Waals surface area contributed by atoms with Gasteiger partial charge in [-0.2, -0.15) is 0 Å². The molecule has 0 fully saturated rings. The number of halogens is 1. The quantitative estimate of drug-likeness (QED) is 0.883. The number of hydrogen-bond donors (Lipinski definition) is 2. The fourth-order valence-corrected chi connectivity index (χ4v) is 1.81. The second-order valence-corrected chi connectivity index (χ2v) is 4.67. The molecule has 1 rings (SSSR count). The van der Waals surface area contributed by atoms with Crippen LogP contribution >= 0.6 is 15.9 Å². The van der Waals surface area contributed by atoms with E-state index in [2.05, 4.69) is 15.9 Å². The van der Waals surface area contributed by atoms with Gasteiger partial charge >= 0.3 is 5.97 Å². The van der Waals surface area contributed by atoms with Crippen LogP contribution in [0.15, 0.2) is 22.7 Å². The highest BCUT2D eigenvalue weighted by Gasteiger charge is 2.15. The first kappa shape index (κ1) is 13.0. The number of aliphatic carboxylic acids is 1. The van der Waals surface area contributed by atoms with Gasteiger partial charge in [0.1, 0.15) is 6.04 Å². The highest BCUT2D eigenvalue weighted by atomic mass is 79.9. The van der Waals surface area contributed by atoms with Crippen LogP contribution in [0.2, 0.25) is 0 Å². The van der Waals surface area contributed by atoms with Crippen LogP contribution in [0.3, 0.4) is 0 Å². The van der Waals surface area contributed by atoms with Gasteiger partial charge in [-0.15, -0.1) is 0 Å². The highest BCUT2D eigenvalue weighted by molar-refractivity contribution is 9.10. The Morgan fingerprint density at radius 1 is 1.62 bits per heavy atom. The van der Waals surface area contributed by atoms with E-state index in [-0.39, 0.29) is 6.54 Å². The normalized spacial score (nSPS) is 12.2. The molecule has 0 aliphatic rings. The minimum Gasteiger partial charge on any atom is -0.480 e.